The van der Waals surface area contributed by atoms with Gasteiger partial charge in [-0.1, -0.05) is 13.8 Å². The molecule has 25 heavy (non-hydrogen) atoms. The molecule has 0 aliphatic heterocycles. The molecule has 2 N–H and O–H groups in total. The van der Waals surface area contributed by atoms with E-state index in [2.05, 4.69) is 39.9 Å². The highest BCUT2D eigenvalue weighted by Gasteiger charge is 2.35. The molecule has 1 aliphatic rings. The Morgan fingerprint density at radius 3 is 2.76 bits per heavy atom. The SMILES string of the molecule is Cc1nn(-c2ccc3c(N)ncc(Br)c3c2)c2c1C(=O)CC(C)(C)C2. The van der Waals surface area contributed by atoms with Gasteiger partial charge in [-0.05, 0) is 52.9 Å². The van der Waals surface area contributed by atoms with E-state index >= 15 is 0 Å². The van der Waals surface area contributed by atoms with E-state index in [4.69, 9.17) is 5.73 Å². The number of hydrogen-bond acceptors (Lipinski definition) is 4. The van der Waals surface area contributed by atoms with Crippen LogP contribution in [0.4, 0.5) is 5.82 Å². The molecule has 0 amide bonds. The third kappa shape index (κ3) is 2.56. The van der Waals surface area contributed by atoms with Gasteiger partial charge in [0.15, 0.2) is 5.78 Å². The fraction of sp³-hybridized carbons (Fsp3) is 0.316. The lowest BCUT2D eigenvalue weighted by Crippen LogP contribution is -2.28. The molecule has 2 aromatic heterocycles. The summed E-state index contributed by atoms with van der Waals surface area (Å²) in [5.41, 5.74) is 9.43. The van der Waals surface area contributed by atoms with Gasteiger partial charge in [-0.3, -0.25) is 4.79 Å². The number of hydrogen-bond donors (Lipinski definition) is 1. The van der Waals surface area contributed by atoms with Gasteiger partial charge < -0.3 is 5.73 Å². The van der Waals surface area contributed by atoms with Crippen molar-refractivity contribution in [1.82, 2.24) is 14.8 Å². The summed E-state index contributed by atoms with van der Waals surface area (Å²) in [5.74, 6) is 0.685. The molecule has 6 heteroatoms. The summed E-state index contributed by atoms with van der Waals surface area (Å²) in [6.45, 7) is 6.16. The number of nitrogens with two attached hydrogens (primary N) is 1. The second-order valence-corrected chi connectivity index (χ2v) is 8.34. The molecule has 0 spiro atoms. The molecule has 1 aromatic carbocycles. The van der Waals surface area contributed by atoms with E-state index in [1.807, 2.05) is 29.8 Å². The van der Waals surface area contributed by atoms with Crippen molar-refractivity contribution in [2.45, 2.75) is 33.6 Å². The Morgan fingerprint density at radius 1 is 1.24 bits per heavy atom. The Hall–Kier alpha value is -2.21. The Bertz CT molecular complexity index is 1040. The zero-order valence-electron chi connectivity index (χ0n) is 14.4. The number of pyridine rings is 1. The normalized spacial score (nSPS) is 16.2. The molecule has 1 aliphatic carbocycles. The van der Waals surface area contributed by atoms with Crippen molar-refractivity contribution >= 4 is 38.3 Å². The monoisotopic (exact) mass is 398 g/mol. The van der Waals surface area contributed by atoms with Crippen LogP contribution in [0.25, 0.3) is 16.5 Å². The quantitative estimate of drug-likeness (QED) is 0.665. The molecular formula is C19H19BrN4O. The van der Waals surface area contributed by atoms with Gasteiger partial charge in [0.1, 0.15) is 5.82 Å². The first kappa shape index (κ1) is 16.3. The highest BCUT2D eigenvalue weighted by molar-refractivity contribution is 9.10. The largest absolute Gasteiger partial charge is 0.383 e. The summed E-state index contributed by atoms with van der Waals surface area (Å²) in [6, 6.07) is 5.97. The summed E-state index contributed by atoms with van der Waals surface area (Å²) in [5, 5.41) is 6.55. The van der Waals surface area contributed by atoms with Crippen molar-refractivity contribution in [3.63, 3.8) is 0 Å². The van der Waals surface area contributed by atoms with E-state index < -0.39 is 0 Å². The highest BCUT2D eigenvalue weighted by atomic mass is 79.9. The summed E-state index contributed by atoms with van der Waals surface area (Å²) >= 11 is 3.54. The smallest absolute Gasteiger partial charge is 0.167 e. The Kier molecular flexibility index (Phi) is 3.51. The van der Waals surface area contributed by atoms with Gasteiger partial charge in [0.25, 0.3) is 0 Å². The van der Waals surface area contributed by atoms with Crippen LogP contribution in [0.3, 0.4) is 0 Å². The predicted octanol–water partition coefficient (Wildman–Crippen LogP) is 4.23. The fourth-order valence-electron chi connectivity index (χ4n) is 3.70. The Labute approximate surface area is 154 Å². The number of ketones is 1. The van der Waals surface area contributed by atoms with E-state index in [1.54, 1.807) is 6.20 Å². The topological polar surface area (TPSA) is 73.8 Å². The van der Waals surface area contributed by atoms with E-state index in [-0.39, 0.29) is 11.2 Å². The van der Waals surface area contributed by atoms with Crippen molar-refractivity contribution in [3.8, 4) is 5.69 Å². The van der Waals surface area contributed by atoms with Crippen molar-refractivity contribution in [2.75, 3.05) is 5.73 Å². The van der Waals surface area contributed by atoms with Crippen LogP contribution in [-0.2, 0) is 6.42 Å². The number of aromatic nitrogens is 3. The lowest BCUT2D eigenvalue weighted by Gasteiger charge is -2.29. The van der Waals surface area contributed by atoms with E-state index in [9.17, 15) is 4.79 Å². The first-order chi connectivity index (χ1) is 11.8. The molecule has 0 radical (unpaired) electrons. The van der Waals surface area contributed by atoms with Crippen LogP contribution in [-0.4, -0.2) is 20.5 Å². The third-order valence-corrected chi connectivity index (χ3v) is 5.45. The molecule has 0 atom stereocenters. The average molecular weight is 399 g/mol. The Morgan fingerprint density at radius 2 is 2.00 bits per heavy atom. The number of carbonyl (C=O) groups is 1. The van der Waals surface area contributed by atoms with Crippen LogP contribution in [0.15, 0.2) is 28.9 Å². The van der Waals surface area contributed by atoms with Gasteiger partial charge in [0.2, 0.25) is 0 Å². The molecule has 3 aromatic rings. The zero-order chi connectivity index (χ0) is 17.9. The number of Topliss-reactive ketones (excluding diaryl/α,β-unsaturated/α-hetero) is 1. The molecule has 0 unspecified atom stereocenters. The van der Waals surface area contributed by atoms with Crippen molar-refractivity contribution in [1.29, 1.82) is 0 Å². The van der Waals surface area contributed by atoms with Crippen LogP contribution >= 0.6 is 15.9 Å². The molecule has 0 saturated heterocycles. The van der Waals surface area contributed by atoms with Crippen molar-refractivity contribution in [3.05, 3.63) is 45.8 Å². The van der Waals surface area contributed by atoms with Crippen molar-refractivity contribution < 1.29 is 4.79 Å². The van der Waals surface area contributed by atoms with E-state index in [1.165, 1.54) is 0 Å². The molecule has 128 valence electrons. The standard InChI is InChI=1S/C19H19BrN4O/c1-10-17-15(7-19(2,3)8-16(17)25)24(23-10)11-4-5-12-13(6-11)14(20)9-22-18(12)21/h4-6,9H,7-8H2,1-3H3,(H2,21,22). The molecule has 0 fully saturated rings. The van der Waals surface area contributed by atoms with E-state index in [0.717, 1.165) is 44.3 Å². The van der Waals surface area contributed by atoms with Gasteiger partial charge >= 0.3 is 0 Å². The molecule has 0 bridgehead atoms. The summed E-state index contributed by atoms with van der Waals surface area (Å²) in [7, 11) is 0. The number of carbonyl (C=O) groups excluding carboxylic acids is 1. The lowest BCUT2D eigenvalue weighted by atomic mass is 9.75. The molecule has 0 saturated carbocycles. The third-order valence-electron chi connectivity index (χ3n) is 4.82. The van der Waals surface area contributed by atoms with Gasteiger partial charge in [-0.15, -0.1) is 0 Å². The van der Waals surface area contributed by atoms with Crippen LogP contribution < -0.4 is 5.73 Å². The number of benzene rings is 1. The lowest BCUT2D eigenvalue weighted by molar-refractivity contribution is 0.0910. The molecular weight excluding hydrogens is 380 g/mol. The second-order valence-electron chi connectivity index (χ2n) is 7.48. The maximum atomic E-state index is 12.6. The number of anilines is 1. The number of nitrogens with zero attached hydrogens (tertiary/aromatic N) is 3. The number of fused-ring (bicyclic) bond motifs is 2. The summed E-state index contributed by atoms with van der Waals surface area (Å²) in [4.78, 5) is 16.8. The Balaban J connectivity index is 1.95. The van der Waals surface area contributed by atoms with Crippen LogP contribution in [0.1, 0.15) is 42.0 Å². The highest BCUT2D eigenvalue weighted by Crippen LogP contribution is 2.37. The van der Waals surface area contributed by atoms with Gasteiger partial charge in [-0.2, -0.15) is 5.10 Å². The maximum Gasteiger partial charge on any atom is 0.167 e. The van der Waals surface area contributed by atoms with Gasteiger partial charge in [0.05, 0.1) is 22.6 Å². The second kappa shape index (κ2) is 5.39. The minimum Gasteiger partial charge on any atom is -0.383 e. The molecule has 4 rings (SSSR count). The van der Waals surface area contributed by atoms with Gasteiger partial charge in [0, 0.05) is 27.9 Å². The van der Waals surface area contributed by atoms with Gasteiger partial charge in [-0.25, -0.2) is 9.67 Å². The number of nitrogen functional groups attached to an aromatic ring is 1. The number of halogens is 1. The first-order valence-corrected chi connectivity index (χ1v) is 9.02. The van der Waals surface area contributed by atoms with Crippen LogP contribution in [0, 0.1) is 12.3 Å². The molecule has 5 nitrogen and oxygen atoms in total. The minimum atomic E-state index is -0.0555. The zero-order valence-corrected chi connectivity index (χ0v) is 16.0. The summed E-state index contributed by atoms with van der Waals surface area (Å²) < 4.78 is 2.79. The maximum absolute atomic E-state index is 12.6. The fourth-order valence-corrected chi connectivity index (χ4v) is 4.13. The number of aryl methyl sites for hydroxylation is 1. The first-order valence-electron chi connectivity index (χ1n) is 8.23. The van der Waals surface area contributed by atoms with E-state index in [0.29, 0.717) is 12.2 Å². The summed E-state index contributed by atoms with van der Waals surface area (Å²) in [6.07, 6.45) is 3.10. The van der Waals surface area contributed by atoms with Crippen LogP contribution in [0.5, 0.6) is 0 Å². The predicted molar refractivity (Wildman–Crippen MR) is 102 cm³/mol. The molecule has 2 heterocycles. The average Bonchev–Trinajstić information content (AvgIpc) is 2.86. The van der Waals surface area contributed by atoms with Crippen molar-refractivity contribution in [2.24, 2.45) is 5.41 Å². The number of rotatable bonds is 1. The van der Waals surface area contributed by atoms with Crippen LogP contribution in [0.2, 0.25) is 0 Å². The minimum absolute atomic E-state index is 0.0555.